The van der Waals surface area contributed by atoms with Gasteiger partial charge in [-0.3, -0.25) is 9.59 Å². The van der Waals surface area contributed by atoms with Crippen molar-refractivity contribution >= 4 is 23.4 Å². The molecule has 174 valence electrons. The van der Waals surface area contributed by atoms with E-state index in [4.69, 9.17) is 11.6 Å². The molecule has 2 heterocycles. The lowest BCUT2D eigenvalue weighted by Gasteiger charge is -2.46. The van der Waals surface area contributed by atoms with Crippen LogP contribution in [0, 0.1) is 11.3 Å². The predicted molar refractivity (Wildman–Crippen MR) is 128 cm³/mol. The molecule has 0 saturated carbocycles. The molecule has 2 aromatic carbocycles. The van der Waals surface area contributed by atoms with Crippen LogP contribution in [-0.2, 0) is 0 Å². The molecule has 2 amide bonds. The van der Waals surface area contributed by atoms with Gasteiger partial charge < -0.3 is 9.80 Å². The van der Waals surface area contributed by atoms with Gasteiger partial charge in [-0.05, 0) is 56.7 Å². The summed E-state index contributed by atoms with van der Waals surface area (Å²) in [4.78, 5) is 34.1. The monoisotopic (exact) mass is 476 g/mol. The molecule has 1 saturated heterocycles. The standard InChI is InChI=1S/C25H25ClN6O2/c1-17(14-27)18-6-4-7-19(12-18)23(33)30-10-11-31(25(2,3)15-30)24(34)22-28-16-32(29-22)21-9-5-8-20(26)13-21/h4-9,12-13,16-17H,10-11,15H2,1-3H3. The maximum atomic E-state index is 13.3. The molecule has 4 rings (SSSR count). The number of carbonyl (C=O) groups is 2. The molecule has 0 N–H and O–H groups in total. The third-order valence-electron chi connectivity index (χ3n) is 6.02. The van der Waals surface area contributed by atoms with Crippen molar-refractivity contribution in [3.05, 3.63) is 76.8 Å². The molecule has 1 fully saturated rings. The van der Waals surface area contributed by atoms with Crippen LogP contribution in [-0.4, -0.2) is 61.6 Å². The minimum Gasteiger partial charge on any atom is -0.335 e. The highest BCUT2D eigenvalue weighted by Crippen LogP contribution is 2.25. The van der Waals surface area contributed by atoms with Crippen LogP contribution in [0.5, 0.6) is 0 Å². The van der Waals surface area contributed by atoms with E-state index in [2.05, 4.69) is 16.2 Å². The summed E-state index contributed by atoms with van der Waals surface area (Å²) in [6.45, 7) is 6.76. The molecule has 1 unspecified atom stereocenters. The largest absolute Gasteiger partial charge is 0.335 e. The minimum absolute atomic E-state index is 0.0889. The van der Waals surface area contributed by atoms with Gasteiger partial charge in [-0.1, -0.05) is 29.8 Å². The maximum Gasteiger partial charge on any atom is 0.294 e. The highest BCUT2D eigenvalue weighted by atomic mass is 35.5. The SMILES string of the molecule is CC(C#N)c1cccc(C(=O)N2CCN(C(=O)c3ncn(-c4cccc(Cl)c4)n3)C(C)(C)C2)c1. The van der Waals surface area contributed by atoms with Crippen molar-refractivity contribution in [3.8, 4) is 11.8 Å². The number of halogens is 1. The number of piperazine rings is 1. The number of aromatic nitrogens is 3. The third kappa shape index (κ3) is 4.66. The molecule has 0 spiro atoms. The first kappa shape index (κ1) is 23.5. The minimum atomic E-state index is -0.621. The van der Waals surface area contributed by atoms with Crippen LogP contribution in [0.25, 0.3) is 5.69 Å². The fourth-order valence-corrected chi connectivity index (χ4v) is 4.31. The number of nitriles is 1. The first-order valence-corrected chi connectivity index (χ1v) is 11.4. The summed E-state index contributed by atoms with van der Waals surface area (Å²) < 4.78 is 1.51. The molecule has 0 bridgehead atoms. The second-order valence-corrected chi connectivity index (χ2v) is 9.40. The number of carbonyl (C=O) groups excluding carboxylic acids is 2. The van der Waals surface area contributed by atoms with Crippen LogP contribution in [0.1, 0.15) is 53.2 Å². The summed E-state index contributed by atoms with van der Waals surface area (Å²) in [5.74, 6) is -0.609. The summed E-state index contributed by atoms with van der Waals surface area (Å²) in [6.07, 6.45) is 1.49. The van der Waals surface area contributed by atoms with E-state index in [9.17, 15) is 14.9 Å². The van der Waals surface area contributed by atoms with E-state index in [-0.39, 0.29) is 23.6 Å². The van der Waals surface area contributed by atoms with Gasteiger partial charge in [0.2, 0.25) is 5.82 Å². The van der Waals surface area contributed by atoms with Crippen LogP contribution in [0.3, 0.4) is 0 Å². The molecule has 9 heteroatoms. The highest BCUT2D eigenvalue weighted by Gasteiger charge is 2.40. The lowest BCUT2D eigenvalue weighted by Crippen LogP contribution is -2.62. The molecular formula is C25H25ClN6O2. The second kappa shape index (κ2) is 9.27. The molecule has 3 aromatic rings. The molecule has 1 aromatic heterocycles. The lowest BCUT2D eigenvalue weighted by molar-refractivity contribution is 0.0160. The summed E-state index contributed by atoms with van der Waals surface area (Å²) in [6, 6.07) is 16.5. The van der Waals surface area contributed by atoms with Gasteiger partial charge in [0.1, 0.15) is 6.33 Å². The number of amides is 2. The second-order valence-electron chi connectivity index (χ2n) is 8.96. The Morgan fingerprint density at radius 1 is 1.12 bits per heavy atom. The van der Waals surface area contributed by atoms with Crippen molar-refractivity contribution in [2.45, 2.75) is 32.2 Å². The number of rotatable bonds is 4. The number of hydrogen-bond acceptors (Lipinski definition) is 5. The van der Waals surface area contributed by atoms with E-state index >= 15 is 0 Å². The van der Waals surface area contributed by atoms with Gasteiger partial charge in [0.25, 0.3) is 11.8 Å². The van der Waals surface area contributed by atoms with E-state index in [0.717, 1.165) is 5.56 Å². The first-order chi connectivity index (χ1) is 16.2. The van der Waals surface area contributed by atoms with E-state index in [1.165, 1.54) is 11.0 Å². The molecular weight excluding hydrogens is 452 g/mol. The topological polar surface area (TPSA) is 95.1 Å². The molecule has 1 atom stereocenters. The zero-order valence-electron chi connectivity index (χ0n) is 19.3. The Kier molecular flexibility index (Phi) is 6.40. The van der Waals surface area contributed by atoms with Crippen LogP contribution in [0.2, 0.25) is 5.02 Å². The molecule has 0 radical (unpaired) electrons. The smallest absolute Gasteiger partial charge is 0.294 e. The summed E-state index contributed by atoms with van der Waals surface area (Å²) >= 11 is 6.05. The maximum absolute atomic E-state index is 13.3. The van der Waals surface area contributed by atoms with Crippen molar-refractivity contribution in [1.82, 2.24) is 24.6 Å². The number of benzene rings is 2. The van der Waals surface area contributed by atoms with Crippen molar-refractivity contribution in [1.29, 1.82) is 5.26 Å². The molecule has 1 aliphatic heterocycles. The average molecular weight is 477 g/mol. The highest BCUT2D eigenvalue weighted by molar-refractivity contribution is 6.30. The number of hydrogen-bond donors (Lipinski definition) is 0. The van der Waals surface area contributed by atoms with Gasteiger partial charge in [-0.25, -0.2) is 9.67 Å². The van der Waals surface area contributed by atoms with Crippen LogP contribution in [0.4, 0.5) is 0 Å². The van der Waals surface area contributed by atoms with Crippen molar-refractivity contribution < 1.29 is 9.59 Å². The Balaban J connectivity index is 1.49. The summed E-state index contributed by atoms with van der Waals surface area (Å²) in [7, 11) is 0. The Morgan fingerprint density at radius 3 is 2.59 bits per heavy atom. The summed E-state index contributed by atoms with van der Waals surface area (Å²) in [5, 5.41) is 14.1. The van der Waals surface area contributed by atoms with E-state index < -0.39 is 5.54 Å². The zero-order valence-corrected chi connectivity index (χ0v) is 20.0. The predicted octanol–water partition coefficient (Wildman–Crippen LogP) is 3.92. The molecule has 8 nitrogen and oxygen atoms in total. The van der Waals surface area contributed by atoms with Gasteiger partial charge in [-0.2, -0.15) is 5.26 Å². The Labute approximate surface area is 203 Å². The molecule has 34 heavy (non-hydrogen) atoms. The van der Waals surface area contributed by atoms with E-state index in [0.29, 0.717) is 35.9 Å². The number of nitrogens with zero attached hydrogens (tertiary/aromatic N) is 6. The Hall–Kier alpha value is -3.70. The third-order valence-corrected chi connectivity index (χ3v) is 6.25. The van der Waals surface area contributed by atoms with Crippen LogP contribution in [0.15, 0.2) is 54.9 Å². The van der Waals surface area contributed by atoms with Crippen LogP contribution >= 0.6 is 11.6 Å². The van der Waals surface area contributed by atoms with Crippen molar-refractivity contribution in [3.63, 3.8) is 0 Å². The summed E-state index contributed by atoms with van der Waals surface area (Å²) in [5.41, 5.74) is 1.44. The zero-order chi connectivity index (χ0) is 24.5. The van der Waals surface area contributed by atoms with Gasteiger partial charge in [0.15, 0.2) is 0 Å². The van der Waals surface area contributed by atoms with Crippen molar-refractivity contribution in [2.24, 2.45) is 0 Å². The first-order valence-electron chi connectivity index (χ1n) is 11.0. The van der Waals surface area contributed by atoms with Gasteiger partial charge in [0, 0.05) is 30.2 Å². The molecule has 0 aliphatic carbocycles. The van der Waals surface area contributed by atoms with Crippen molar-refractivity contribution in [2.75, 3.05) is 19.6 Å². The van der Waals surface area contributed by atoms with Crippen LogP contribution < -0.4 is 0 Å². The lowest BCUT2D eigenvalue weighted by atomic mass is 9.96. The normalized spacial score (nSPS) is 16.1. The Morgan fingerprint density at radius 2 is 1.88 bits per heavy atom. The fraction of sp³-hybridized carbons (Fsp3) is 0.320. The van der Waals surface area contributed by atoms with E-state index in [1.54, 1.807) is 53.1 Å². The van der Waals surface area contributed by atoms with Gasteiger partial charge in [0.05, 0.1) is 23.2 Å². The average Bonchev–Trinajstić information content (AvgIpc) is 3.32. The molecule has 1 aliphatic rings. The van der Waals surface area contributed by atoms with Gasteiger partial charge >= 0.3 is 0 Å². The van der Waals surface area contributed by atoms with Gasteiger partial charge in [-0.15, -0.1) is 5.10 Å². The quantitative estimate of drug-likeness (QED) is 0.568. The Bertz CT molecular complexity index is 1280. The fourth-order valence-electron chi connectivity index (χ4n) is 4.13. The van der Waals surface area contributed by atoms with E-state index in [1.807, 2.05) is 26.0 Å².